The number of nitrogens with zero attached hydrogens (tertiary/aromatic N) is 4. The molecule has 48 heavy (non-hydrogen) atoms. The third-order valence-electron chi connectivity index (χ3n) is 8.22. The molecule has 12 heteroatoms. The summed E-state index contributed by atoms with van der Waals surface area (Å²) in [6, 6.07) is 14.9. The van der Waals surface area contributed by atoms with Crippen LogP contribution in [0, 0.1) is 24.7 Å². The SMILES string of the molecule is C#C.C[C@@H]1C[C@@H]1c1cnn(C)c1.C[C@H]1C[C@H]1c1cnn(C)c1.NC(=O)c1cc2cc(Br)ccc2[nH]1.NC(=O)c1cc2cc(Br)ccc2[nH]1. The summed E-state index contributed by atoms with van der Waals surface area (Å²) in [4.78, 5) is 27.5. The lowest BCUT2D eigenvalue weighted by atomic mass is 10.2. The van der Waals surface area contributed by atoms with E-state index in [1.165, 1.54) is 24.0 Å². The Morgan fingerprint density at radius 3 is 1.35 bits per heavy atom. The second kappa shape index (κ2) is 16.0. The zero-order chi connectivity index (χ0) is 35.1. The minimum absolute atomic E-state index is 0.438. The maximum absolute atomic E-state index is 10.8. The average molecular weight is 777 g/mol. The molecule has 2 aliphatic carbocycles. The van der Waals surface area contributed by atoms with Crippen LogP contribution >= 0.6 is 31.9 Å². The Hall–Kier alpha value is -4.60. The molecule has 10 nitrogen and oxygen atoms in total. The van der Waals surface area contributed by atoms with Gasteiger partial charge in [0.2, 0.25) is 0 Å². The molecule has 6 aromatic rings. The zero-order valence-corrected chi connectivity index (χ0v) is 30.5. The minimum atomic E-state index is -0.438. The minimum Gasteiger partial charge on any atom is -0.364 e. The first-order valence-electron chi connectivity index (χ1n) is 15.3. The Bertz CT molecular complexity index is 1890. The molecule has 0 radical (unpaired) electrons. The van der Waals surface area contributed by atoms with E-state index in [2.05, 4.69) is 91.1 Å². The number of aromatic nitrogens is 6. The lowest BCUT2D eigenvalue weighted by Gasteiger charge is -1.89. The first-order valence-corrected chi connectivity index (χ1v) is 16.9. The summed E-state index contributed by atoms with van der Waals surface area (Å²) in [5, 5.41) is 10.2. The van der Waals surface area contributed by atoms with Gasteiger partial charge < -0.3 is 21.4 Å². The summed E-state index contributed by atoms with van der Waals surface area (Å²) in [5.41, 5.74) is 15.8. The number of carbonyl (C=O) groups is 2. The Kier molecular flexibility index (Phi) is 12.1. The highest BCUT2D eigenvalue weighted by molar-refractivity contribution is 9.10. The van der Waals surface area contributed by atoms with E-state index in [4.69, 9.17) is 11.5 Å². The van der Waals surface area contributed by atoms with Gasteiger partial charge in [0.15, 0.2) is 0 Å². The van der Waals surface area contributed by atoms with Crippen LogP contribution in [0.1, 0.15) is 70.6 Å². The fraction of sp³-hybridized carbons (Fsp3) is 0.278. The van der Waals surface area contributed by atoms with Crippen molar-refractivity contribution >= 4 is 65.5 Å². The number of aromatic amines is 2. The molecule has 0 aliphatic heterocycles. The first-order chi connectivity index (χ1) is 22.9. The molecule has 4 aromatic heterocycles. The summed E-state index contributed by atoms with van der Waals surface area (Å²) >= 11 is 6.70. The maximum Gasteiger partial charge on any atom is 0.265 e. The smallest absolute Gasteiger partial charge is 0.265 e. The number of nitrogens with two attached hydrogens (primary N) is 2. The second-order valence-corrected chi connectivity index (χ2v) is 13.9. The van der Waals surface area contributed by atoms with Gasteiger partial charge in [-0.05, 0) is 96.2 Å². The standard InChI is InChI=1S/2C9H7BrN2O.2C8H12N2.C2H2/c2*10-6-1-2-7-5(3-6)4-8(12-7)9(11)13;2*1-6-3-8(6)7-4-9-10(2)5-7;1-2/h2*1-4,12H,(H2,11,13);2*4-6,8H,3H2,1-2H3;1-2H/t;;2*6-,8+;/m..10./s1. The largest absolute Gasteiger partial charge is 0.364 e. The highest BCUT2D eigenvalue weighted by Crippen LogP contribution is 2.47. The molecule has 8 rings (SSSR count). The zero-order valence-electron chi connectivity index (χ0n) is 27.3. The summed E-state index contributed by atoms with van der Waals surface area (Å²) in [5.74, 6) is 2.54. The molecule has 4 atom stereocenters. The fourth-order valence-corrected chi connectivity index (χ4v) is 6.07. The molecule has 2 saturated carbocycles. The Balaban J connectivity index is 0.000000143. The third kappa shape index (κ3) is 9.71. The number of terminal acetylenes is 1. The van der Waals surface area contributed by atoms with Crippen LogP contribution in [0.4, 0.5) is 0 Å². The van der Waals surface area contributed by atoms with Gasteiger partial charge in [0.1, 0.15) is 11.4 Å². The fourth-order valence-electron chi connectivity index (χ4n) is 5.31. The number of amides is 2. The van der Waals surface area contributed by atoms with Crippen LogP contribution in [-0.2, 0) is 14.1 Å². The van der Waals surface area contributed by atoms with Crippen molar-refractivity contribution in [2.24, 2.45) is 37.4 Å². The van der Waals surface area contributed by atoms with Crippen molar-refractivity contribution in [1.82, 2.24) is 29.5 Å². The van der Waals surface area contributed by atoms with Gasteiger partial charge in [0.05, 0.1) is 12.4 Å². The van der Waals surface area contributed by atoms with Crippen molar-refractivity contribution in [2.75, 3.05) is 0 Å². The van der Waals surface area contributed by atoms with Crippen LogP contribution in [0.3, 0.4) is 0 Å². The van der Waals surface area contributed by atoms with Gasteiger partial charge in [0.25, 0.3) is 11.8 Å². The summed E-state index contributed by atoms with van der Waals surface area (Å²) in [7, 11) is 3.94. The molecule has 2 aromatic carbocycles. The van der Waals surface area contributed by atoms with Crippen molar-refractivity contribution < 1.29 is 9.59 Å². The number of halogens is 2. The van der Waals surface area contributed by atoms with Gasteiger partial charge in [0, 0.05) is 57.2 Å². The molecule has 2 fully saturated rings. The van der Waals surface area contributed by atoms with E-state index in [0.717, 1.165) is 54.4 Å². The lowest BCUT2D eigenvalue weighted by Crippen LogP contribution is -2.10. The number of nitrogens with one attached hydrogen (secondary N) is 2. The quantitative estimate of drug-likeness (QED) is 0.138. The van der Waals surface area contributed by atoms with Gasteiger partial charge in [-0.3, -0.25) is 19.0 Å². The number of hydrogen-bond donors (Lipinski definition) is 4. The Morgan fingerprint density at radius 2 is 1.08 bits per heavy atom. The van der Waals surface area contributed by atoms with Crippen LogP contribution in [0.15, 0.2) is 82.3 Å². The number of hydrogen-bond acceptors (Lipinski definition) is 4. The molecule has 2 amide bonds. The number of aryl methyl sites for hydroxylation is 2. The first kappa shape index (κ1) is 36.2. The van der Waals surface area contributed by atoms with Gasteiger partial charge >= 0.3 is 0 Å². The van der Waals surface area contributed by atoms with E-state index in [1.807, 2.05) is 72.3 Å². The molecule has 0 bridgehead atoms. The highest BCUT2D eigenvalue weighted by atomic mass is 79.9. The van der Waals surface area contributed by atoms with Gasteiger partial charge in [-0.25, -0.2) is 0 Å². The number of fused-ring (bicyclic) bond motifs is 2. The van der Waals surface area contributed by atoms with Crippen molar-refractivity contribution in [2.45, 2.75) is 38.5 Å². The molecule has 250 valence electrons. The second-order valence-electron chi connectivity index (χ2n) is 12.1. The van der Waals surface area contributed by atoms with Crippen molar-refractivity contribution in [3.63, 3.8) is 0 Å². The van der Waals surface area contributed by atoms with Gasteiger partial charge in [-0.1, -0.05) is 45.7 Å². The van der Waals surface area contributed by atoms with E-state index >= 15 is 0 Å². The van der Waals surface area contributed by atoms with Crippen LogP contribution in [0.2, 0.25) is 0 Å². The number of rotatable bonds is 4. The molecular weight excluding hydrogens is 736 g/mol. The van der Waals surface area contributed by atoms with Crippen LogP contribution < -0.4 is 11.5 Å². The predicted molar refractivity (Wildman–Crippen MR) is 198 cm³/mol. The molecular formula is C36H40Br2N8O2. The number of H-pyrrole nitrogens is 2. The normalized spacial score (nSPS) is 18.5. The lowest BCUT2D eigenvalue weighted by molar-refractivity contribution is 0.0988. The summed E-state index contributed by atoms with van der Waals surface area (Å²) in [6.07, 6.45) is 18.9. The Labute approximate surface area is 296 Å². The molecule has 4 heterocycles. The monoisotopic (exact) mass is 774 g/mol. The molecule has 6 N–H and O–H groups in total. The summed E-state index contributed by atoms with van der Waals surface area (Å²) < 4.78 is 5.71. The number of primary amides is 2. The van der Waals surface area contributed by atoms with E-state index in [0.29, 0.717) is 11.4 Å². The molecule has 0 spiro atoms. The van der Waals surface area contributed by atoms with Gasteiger partial charge in [-0.15, -0.1) is 12.8 Å². The average Bonchev–Trinajstić information content (AvgIpc) is 3.59. The topological polar surface area (TPSA) is 153 Å². The maximum atomic E-state index is 10.8. The summed E-state index contributed by atoms with van der Waals surface area (Å²) in [6.45, 7) is 4.58. The Morgan fingerprint density at radius 1 is 0.729 bits per heavy atom. The van der Waals surface area contributed by atoms with Crippen LogP contribution in [-0.4, -0.2) is 41.3 Å². The third-order valence-corrected chi connectivity index (χ3v) is 9.21. The number of carbonyl (C=O) groups excluding carboxylic acids is 2. The van der Waals surface area contributed by atoms with Crippen molar-refractivity contribution in [3.05, 3.63) is 105 Å². The molecule has 0 saturated heterocycles. The highest BCUT2D eigenvalue weighted by Gasteiger charge is 2.35. The van der Waals surface area contributed by atoms with E-state index in [1.54, 1.807) is 12.1 Å². The predicted octanol–water partition coefficient (Wildman–Crippen LogP) is 7.40. The molecule has 0 unspecified atom stereocenters. The van der Waals surface area contributed by atoms with Gasteiger partial charge in [-0.2, -0.15) is 10.2 Å². The van der Waals surface area contributed by atoms with E-state index < -0.39 is 11.8 Å². The van der Waals surface area contributed by atoms with E-state index in [-0.39, 0.29) is 0 Å². The van der Waals surface area contributed by atoms with Crippen molar-refractivity contribution in [3.8, 4) is 12.8 Å². The van der Waals surface area contributed by atoms with E-state index in [9.17, 15) is 9.59 Å². The number of benzene rings is 2. The van der Waals surface area contributed by atoms with Crippen molar-refractivity contribution in [1.29, 1.82) is 0 Å². The molecule has 2 aliphatic rings. The van der Waals surface area contributed by atoms with Crippen LogP contribution in [0.25, 0.3) is 21.8 Å². The van der Waals surface area contributed by atoms with Crippen LogP contribution in [0.5, 0.6) is 0 Å².